The molecule has 2 aromatic carbocycles. The van der Waals surface area contributed by atoms with Crippen molar-refractivity contribution in [1.29, 1.82) is 0 Å². The van der Waals surface area contributed by atoms with Crippen LogP contribution in [0.1, 0.15) is 85.6 Å². The quantitative estimate of drug-likeness (QED) is 0.611. The molecule has 2 aromatic rings. The Morgan fingerprint density at radius 3 is 2.71 bits per heavy atom. The van der Waals surface area contributed by atoms with Crippen molar-refractivity contribution < 1.29 is 9.90 Å². The highest BCUT2D eigenvalue weighted by Crippen LogP contribution is 2.61. The predicted octanol–water partition coefficient (Wildman–Crippen LogP) is 6.17. The number of fused-ring (bicyclic) bond motifs is 5. The summed E-state index contributed by atoms with van der Waals surface area (Å²) in [5.74, 6) is 2.66. The average Bonchev–Trinajstić information content (AvgIpc) is 3.19. The molecule has 2 heteroatoms. The molecule has 2 nitrogen and oxygen atoms in total. The van der Waals surface area contributed by atoms with Crippen LogP contribution in [0.4, 0.5) is 0 Å². The molecule has 5 rings (SSSR count). The molecule has 1 N–H and O–H groups in total. The van der Waals surface area contributed by atoms with Crippen LogP contribution in [0.2, 0.25) is 0 Å². The van der Waals surface area contributed by atoms with Gasteiger partial charge in [-0.25, -0.2) is 0 Å². The van der Waals surface area contributed by atoms with Crippen LogP contribution in [0.15, 0.2) is 42.5 Å². The van der Waals surface area contributed by atoms with Crippen LogP contribution in [0.3, 0.4) is 0 Å². The third kappa shape index (κ3) is 4.00. The molecule has 31 heavy (non-hydrogen) atoms. The lowest BCUT2D eigenvalue weighted by Crippen LogP contribution is -2.40. The van der Waals surface area contributed by atoms with Gasteiger partial charge < -0.3 is 5.11 Å². The molecule has 164 valence electrons. The van der Waals surface area contributed by atoms with E-state index in [0.717, 1.165) is 35.8 Å². The minimum absolute atomic E-state index is 0.0903. The molecule has 0 spiro atoms. The molecule has 0 aliphatic heterocycles. The van der Waals surface area contributed by atoms with E-state index >= 15 is 0 Å². The first kappa shape index (κ1) is 20.9. The SMILES string of the molecule is C[C@@]12CCC[C@H]1[C@@H]1CCc3cc(CO)cc(CCC(=O)Cc4ccccc4)c3[C@H]1CC2. The Labute approximate surface area is 187 Å². The lowest BCUT2D eigenvalue weighted by Gasteiger charge is -2.50. The maximum Gasteiger partial charge on any atom is 0.137 e. The first-order valence-electron chi connectivity index (χ1n) is 12.4. The van der Waals surface area contributed by atoms with E-state index in [1.807, 2.05) is 30.3 Å². The summed E-state index contributed by atoms with van der Waals surface area (Å²) in [5, 5.41) is 9.86. The Morgan fingerprint density at radius 2 is 1.90 bits per heavy atom. The highest BCUT2D eigenvalue weighted by molar-refractivity contribution is 5.81. The van der Waals surface area contributed by atoms with Gasteiger partial charge in [-0.15, -0.1) is 0 Å². The maximum atomic E-state index is 12.7. The van der Waals surface area contributed by atoms with Crippen molar-refractivity contribution in [2.75, 3.05) is 0 Å². The van der Waals surface area contributed by atoms with E-state index in [0.29, 0.717) is 30.0 Å². The summed E-state index contributed by atoms with van der Waals surface area (Å²) < 4.78 is 0. The Bertz CT molecular complexity index is 947. The predicted molar refractivity (Wildman–Crippen MR) is 125 cm³/mol. The highest BCUT2D eigenvalue weighted by Gasteiger charge is 2.50. The van der Waals surface area contributed by atoms with E-state index in [1.54, 1.807) is 5.56 Å². The number of hydrogen-bond acceptors (Lipinski definition) is 2. The Morgan fingerprint density at radius 1 is 1.06 bits per heavy atom. The number of carbonyl (C=O) groups excluding carboxylic acids is 1. The van der Waals surface area contributed by atoms with Gasteiger partial charge in [0.2, 0.25) is 0 Å². The molecule has 0 saturated heterocycles. The Kier molecular flexibility index (Phi) is 5.77. The molecule has 2 saturated carbocycles. The fraction of sp³-hybridized carbons (Fsp3) is 0.552. The summed E-state index contributed by atoms with van der Waals surface area (Å²) >= 11 is 0. The summed E-state index contributed by atoms with van der Waals surface area (Å²) in [7, 11) is 0. The lowest BCUT2D eigenvalue weighted by molar-refractivity contribution is -0.118. The van der Waals surface area contributed by atoms with Crippen molar-refractivity contribution in [1.82, 2.24) is 0 Å². The van der Waals surface area contributed by atoms with Crippen LogP contribution in [-0.2, 0) is 30.7 Å². The largest absolute Gasteiger partial charge is 0.392 e. The Balaban J connectivity index is 1.39. The molecule has 3 aliphatic rings. The smallest absolute Gasteiger partial charge is 0.137 e. The molecule has 3 aliphatic carbocycles. The van der Waals surface area contributed by atoms with Crippen LogP contribution in [-0.4, -0.2) is 10.9 Å². The zero-order valence-corrected chi connectivity index (χ0v) is 18.9. The van der Waals surface area contributed by atoms with Crippen molar-refractivity contribution in [3.05, 3.63) is 70.3 Å². The van der Waals surface area contributed by atoms with E-state index < -0.39 is 0 Å². The number of Topliss-reactive ketones (excluding diaryl/α,β-unsaturated/α-hetero) is 1. The normalized spacial score (nSPS) is 29.2. The monoisotopic (exact) mass is 416 g/mol. The zero-order valence-electron chi connectivity index (χ0n) is 18.9. The maximum absolute atomic E-state index is 12.7. The number of aliphatic hydroxyl groups is 1. The van der Waals surface area contributed by atoms with Crippen LogP contribution in [0.25, 0.3) is 0 Å². The van der Waals surface area contributed by atoms with Crippen LogP contribution >= 0.6 is 0 Å². The van der Waals surface area contributed by atoms with Crippen molar-refractivity contribution in [3.8, 4) is 0 Å². The molecule has 4 atom stereocenters. The molecule has 0 bridgehead atoms. The topological polar surface area (TPSA) is 37.3 Å². The second-order valence-electron chi connectivity index (χ2n) is 10.7. The molecule has 0 aromatic heterocycles. The third-order valence-corrected chi connectivity index (χ3v) is 8.85. The van der Waals surface area contributed by atoms with Crippen molar-refractivity contribution in [2.24, 2.45) is 17.3 Å². The standard InChI is InChI=1S/C29H36O2/c1-29-14-5-8-27(29)25-12-10-23-17-21(19-30)16-22(28(23)26(25)13-15-29)9-11-24(31)18-20-6-3-2-4-7-20/h2-4,6-7,16-17,25-27,30H,5,8-15,18-19H2,1H3/t25-,26+,27+,29+/m1/s1. The minimum atomic E-state index is 0.0903. The van der Waals surface area contributed by atoms with Gasteiger partial charge in [0.1, 0.15) is 5.78 Å². The van der Waals surface area contributed by atoms with Gasteiger partial charge in [0.25, 0.3) is 0 Å². The third-order valence-electron chi connectivity index (χ3n) is 8.85. The van der Waals surface area contributed by atoms with Gasteiger partial charge in [-0.2, -0.15) is 0 Å². The molecular formula is C29H36O2. The molecule has 0 unspecified atom stereocenters. The first-order valence-corrected chi connectivity index (χ1v) is 12.4. The summed E-state index contributed by atoms with van der Waals surface area (Å²) in [6.45, 7) is 2.64. The lowest BCUT2D eigenvalue weighted by atomic mass is 9.55. The number of carbonyl (C=O) groups is 1. The summed E-state index contributed by atoms with van der Waals surface area (Å²) in [4.78, 5) is 12.7. The molecule has 2 fully saturated rings. The average molecular weight is 417 g/mol. The summed E-state index contributed by atoms with van der Waals surface area (Å²) in [6, 6.07) is 14.5. The summed E-state index contributed by atoms with van der Waals surface area (Å²) in [6.07, 6.45) is 11.3. The van der Waals surface area contributed by atoms with E-state index in [1.165, 1.54) is 49.7 Å². The van der Waals surface area contributed by atoms with Crippen LogP contribution in [0, 0.1) is 17.3 Å². The minimum Gasteiger partial charge on any atom is -0.392 e. The number of hydrogen-bond donors (Lipinski definition) is 1. The van der Waals surface area contributed by atoms with Gasteiger partial charge in [0.05, 0.1) is 6.61 Å². The number of benzene rings is 2. The molecule has 0 heterocycles. The van der Waals surface area contributed by atoms with E-state index in [9.17, 15) is 9.90 Å². The zero-order chi connectivity index (χ0) is 21.4. The first-order chi connectivity index (χ1) is 15.1. The van der Waals surface area contributed by atoms with Crippen LogP contribution < -0.4 is 0 Å². The number of ketones is 1. The van der Waals surface area contributed by atoms with E-state index in [2.05, 4.69) is 19.1 Å². The van der Waals surface area contributed by atoms with Gasteiger partial charge in [-0.05, 0) is 95.9 Å². The van der Waals surface area contributed by atoms with E-state index in [4.69, 9.17) is 0 Å². The summed E-state index contributed by atoms with van der Waals surface area (Å²) in [5.41, 5.74) is 7.06. The molecule has 0 amide bonds. The number of aryl methyl sites for hydroxylation is 2. The van der Waals surface area contributed by atoms with Crippen molar-refractivity contribution >= 4 is 5.78 Å². The van der Waals surface area contributed by atoms with E-state index in [-0.39, 0.29) is 6.61 Å². The number of rotatable bonds is 6. The Hall–Kier alpha value is -1.93. The highest BCUT2D eigenvalue weighted by atomic mass is 16.3. The van der Waals surface area contributed by atoms with Gasteiger partial charge in [0.15, 0.2) is 0 Å². The second kappa shape index (κ2) is 8.54. The van der Waals surface area contributed by atoms with Crippen molar-refractivity contribution in [2.45, 2.75) is 83.7 Å². The van der Waals surface area contributed by atoms with Crippen LogP contribution in [0.5, 0.6) is 0 Å². The fourth-order valence-corrected chi connectivity index (χ4v) is 7.38. The van der Waals surface area contributed by atoms with Gasteiger partial charge in [0, 0.05) is 12.8 Å². The van der Waals surface area contributed by atoms with Gasteiger partial charge >= 0.3 is 0 Å². The fourth-order valence-electron chi connectivity index (χ4n) is 7.38. The van der Waals surface area contributed by atoms with Gasteiger partial charge in [-0.1, -0.05) is 55.8 Å². The number of aliphatic hydroxyl groups excluding tert-OH is 1. The molecular weight excluding hydrogens is 380 g/mol. The second-order valence-corrected chi connectivity index (χ2v) is 10.7. The van der Waals surface area contributed by atoms with Crippen molar-refractivity contribution in [3.63, 3.8) is 0 Å². The molecule has 0 radical (unpaired) electrons. The van der Waals surface area contributed by atoms with Gasteiger partial charge in [-0.3, -0.25) is 4.79 Å².